The second-order valence-corrected chi connectivity index (χ2v) is 7.25. The molecule has 1 aromatic heterocycles. The Morgan fingerprint density at radius 2 is 2.41 bits per heavy atom. The number of piperidine rings is 1. The number of nitrogens with one attached hydrogen (secondary N) is 2. The number of morpholine rings is 1. The fourth-order valence-corrected chi connectivity index (χ4v) is 3.86. The van der Waals surface area contributed by atoms with Crippen molar-refractivity contribution in [3.05, 3.63) is 21.3 Å². The van der Waals surface area contributed by atoms with Gasteiger partial charge in [-0.15, -0.1) is 11.3 Å². The van der Waals surface area contributed by atoms with Crippen molar-refractivity contribution in [3.8, 4) is 0 Å². The highest BCUT2D eigenvalue weighted by Crippen LogP contribution is 2.21. The van der Waals surface area contributed by atoms with Crippen LogP contribution in [0.2, 0.25) is 4.34 Å². The molecule has 1 aromatic rings. The fraction of sp³-hybridized carbons (Fsp3) is 0.571. The van der Waals surface area contributed by atoms with Crippen molar-refractivity contribution >= 4 is 34.9 Å². The topological polar surface area (TPSA) is 70.7 Å². The maximum atomic E-state index is 12.2. The summed E-state index contributed by atoms with van der Waals surface area (Å²) in [7, 11) is 0. The second kappa shape index (κ2) is 6.85. The van der Waals surface area contributed by atoms with Crippen LogP contribution in [0.25, 0.3) is 0 Å². The second-order valence-electron chi connectivity index (χ2n) is 5.45. The molecule has 22 heavy (non-hydrogen) atoms. The van der Waals surface area contributed by atoms with Crippen molar-refractivity contribution in [2.24, 2.45) is 0 Å². The van der Waals surface area contributed by atoms with Crippen LogP contribution >= 0.6 is 22.9 Å². The van der Waals surface area contributed by atoms with Crippen LogP contribution in [0.4, 0.5) is 4.79 Å². The van der Waals surface area contributed by atoms with Crippen molar-refractivity contribution in [3.63, 3.8) is 0 Å². The molecule has 0 spiro atoms. The summed E-state index contributed by atoms with van der Waals surface area (Å²) in [5.41, 5.74) is 0. The Morgan fingerprint density at radius 1 is 1.55 bits per heavy atom. The number of thiophene rings is 1. The lowest BCUT2D eigenvalue weighted by Gasteiger charge is -2.40. The Morgan fingerprint density at radius 3 is 3.18 bits per heavy atom. The number of hydrogen-bond acceptors (Lipinski definition) is 4. The van der Waals surface area contributed by atoms with E-state index in [0.29, 0.717) is 19.6 Å². The molecular formula is C14H18ClN3O3S. The van der Waals surface area contributed by atoms with E-state index in [-0.39, 0.29) is 30.7 Å². The maximum absolute atomic E-state index is 12.2. The van der Waals surface area contributed by atoms with Gasteiger partial charge < -0.3 is 20.3 Å². The van der Waals surface area contributed by atoms with E-state index in [2.05, 4.69) is 10.6 Å². The van der Waals surface area contributed by atoms with Crippen LogP contribution in [0.15, 0.2) is 12.1 Å². The van der Waals surface area contributed by atoms with Gasteiger partial charge in [0.05, 0.1) is 16.5 Å². The Labute approximate surface area is 137 Å². The fourth-order valence-electron chi connectivity index (χ4n) is 2.77. The number of carbonyl (C=O) groups is 2. The number of carbonyl (C=O) groups excluding carboxylic acids is 2. The quantitative estimate of drug-likeness (QED) is 0.867. The molecule has 2 atom stereocenters. The first-order chi connectivity index (χ1) is 10.6. The Hall–Kier alpha value is -1.31. The van der Waals surface area contributed by atoms with Crippen LogP contribution in [0, 0.1) is 0 Å². The van der Waals surface area contributed by atoms with Gasteiger partial charge in [0.2, 0.25) is 5.91 Å². The molecule has 0 aromatic carbocycles. The number of hydrogen-bond donors (Lipinski definition) is 2. The molecule has 3 heterocycles. The third-order valence-corrected chi connectivity index (χ3v) is 5.18. The predicted molar refractivity (Wildman–Crippen MR) is 84.3 cm³/mol. The van der Waals surface area contributed by atoms with Gasteiger partial charge in [0, 0.05) is 24.5 Å². The van der Waals surface area contributed by atoms with E-state index in [0.717, 1.165) is 22.1 Å². The van der Waals surface area contributed by atoms with E-state index in [4.69, 9.17) is 16.3 Å². The first kappa shape index (κ1) is 15.6. The average Bonchev–Trinajstić information content (AvgIpc) is 2.92. The number of amides is 3. The summed E-state index contributed by atoms with van der Waals surface area (Å²) < 4.78 is 6.24. The van der Waals surface area contributed by atoms with E-state index in [1.807, 2.05) is 12.1 Å². The molecule has 0 aliphatic carbocycles. The predicted octanol–water partition coefficient (Wildman–Crippen LogP) is 1.24. The number of ether oxygens (including phenoxy) is 1. The van der Waals surface area contributed by atoms with Crippen LogP contribution < -0.4 is 10.6 Å². The summed E-state index contributed by atoms with van der Waals surface area (Å²) in [4.78, 5) is 26.4. The third-order valence-electron chi connectivity index (χ3n) is 3.89. The molecule has 2 N–H and O–H groups in total. The molecular weight excluding hydrogens is 326 g/mol. The van der Waals surface area contributed by atoms with Gasteiger partial charge >= 0.3 is 6.03 Å². The van der Waals surface area contributed by atoms with Gasteiger partial charge in [0.15, 0.2) is 0 Å². The van der Waals surface area contributed by atoms with Crippen molar-refractivity contribution in [1.82, 2.24) is 15.5 Å². The molecule has 0 saturated carbocycles. The molecule has 2 saturated heterocycles. The average molecular weight is 344 g/mol. The van der Waals surface area contributed by atoms with Crippen molar-refractivity contribution in [2.45, 2.75) is 25.0 Å². The molecule has 2 aliphatic rings. The number of urea groups is 1. The van der Waals surface area contributed by atoms with E-state index in [1.165, 1.54) is 11.3 Å². The zero-order valence-corrected chi connectivity index (χ0v) is 13.6. The molecule has 120 valence electrons. The molecule has 2 aliphatic heterocycles. The van der Waals surface area contributed by atoms with Gasteiger partial charge in [-0.3, -0.25) is 4.79 Å². The smallest absolute Gasteiger partial charge is 0.317 e. The van der Waals surface area contributed by atoms with Gasteiger partial charge in [0.1, 0.15) is 6.61 Å². The summed E-state index contributed by atoms with van der Waals surface area (Å²) in [5, 5.41) is 5.80. The molecule has 6 nitrogen and oxygen atoms in total. The van der Waals surface area contributed by atoms with E-state index >= 15 is 0 Å². The SMILES string of the molecule is O=C1CO[C@H]2CCN(C(=O)NCCc3ccc(Cl)s3)C[C@@H]2N1. The van der Waals surface area contributed by atoms with Crippen molar-refractivity contribution < 1.29 is 14.3 Å². The van der Waals surface area contributed by atoms with Crippen LogP contribution in [-0.4, -0.2) is 55.2 Å². The molecule has 0 bridgehead atoms. The van der Waals surface area contributed by atoms with Gasteiger partial charge in [-0.05, 0) is 25.0 Å². The summed E-state index contributed by atoms with van der Waals surface area (Å²) in [5.74, 6) is -0.113. The molecule has 2 fully saturated rings. The third kappa shape index (κ3) is 3.71. The van der Waals surface area contributed by atoms with E-state index in [9.17, 15) is 9.59 Å². The summed E-state index contributed by atoms with van der Waals surface area (Å²) in [6, 6.07) is 3.64. The van der Waals surface area contributed by atoms with Crippen LogP contribution in [0.3, 0.4) is 0 Å². The number of halogens is 1. The maximum Gasteiger partial charge on any atom is 0.317 e. The largest absolute Gasteiger partial charge is 0.366 e. The van der Waals surface area contributed by atoms with Gasteiger partial charge in [0.25, 0.3) is 0 Å². The van der Waals surface area contributed by atoms with E-state index < -0.39 is 0 Å². The number of likely N-dealkylation sites (tertiary alicyclic amines) is 1. The van der Waals surface area contributed by atoms with Crippen LogP contribution in [0.5, 0.6) is 0 Å². The highest BCUT2D eigenvalue weighted by Gasteiger charge is 2.36. The molecule has 8 heteroatoms. The first-order valence-electron chi connectivity index (χ1n) is 7.30. The minimum Gasteiger partial charge on any atom is -0.366 e. The molecule has 3 amide bonds. The molecule has 3 rings (SSSR count). The Kier molecular flexibility index (Phi) is 4.85. The summed E-state index contributed by atoms with van der Waals surface area (Å²) in [6.07, 6.45) is 1.54. The lowest BCUT2D eigenvalue weighted by Crippen LogP contribution is -2.62. The lowest BCUT2D eigenvalue weighted by molar-refractivity contribution is -0.139. The Balaban J connectivity index is 1.45. The van der Waals surface area contributed by atoms with Crippen LogP contribution in [0.1, 0.15) is 11.3 Å². The van der Waals surface area contributed by atoms with Gasteiger partial charge in [-0.1, -0.05) is 11.6 Å². The zero-order chi connectivity index (χ0) is 15.5. The molecule has 0 unspecified atom stereocenters. The Bertz CT molecular complexity index is 565. The zero-order valence-electron chi connectivity index (χ0n) is 12.0. The first-order valence-corrected chi connectivity index (χ1v) is 8.49. The van der Waals surface area contributed by atoms with Gasteiger partial charge in [-0.2, -0.15) is 0 Å². The van der Waals surface area contributed by atoms with Gasteiger partial charge in [-0.25, -0.2) is 4.79 Å². The highest BCUT2D eigenvalue weighted by molar-refractivity contribution is 7.16. The number of rotatable bonds is 3. The van der Waals surface area contributed by atoms with Crippen LogP contribution in [-0.2, 0) is 16.0 Å². The number of nitrogens with zero attached hydrogens (tertiary/aromatic N) is 1. The normalized spacial score (nSPS) is 24.6. The molecule has 0 radical (unpaired) electrons. The monoisotopic (exact) mass is 343 g/mol. The minimum absolute atomic E-state index is 0.0232. The summed E-state index contributed by atoms with van der Waals surface area (Å²) >= 11 is 7.40. The lowest BCUT2D eigenvalue weighted by atomic mass is 10.0. The van der Waals surface area contributed by atoms with Crippen molar-refractivity contribution in [2.75, 3.05) is 26.2 Å². The standard InChI is InChI=1S/C14H18ClN3O3S/c15-12-2-1-9(22-12)3-5-16-14(20)18-6-4-11-10(7-18)17-13(19)8-21-11/h1-2,10-11H,3-8H2,(H,16,20)(H,17,19)/t10-,11-/m0/s1. The summed E-state index contributed by atoms with van der Waals surface area (Å²) in [6.45, 7) is 1.83. The highest BCUT2D eigenvalue weighted by atomic mass is 35.5. The number of fused-ring (bicyclic) bond motifs is 1. The minimum atomic E-state index is -0.113. The van der Waals surface area contributed by atoms with E-state index in [1.54, 1.807) is 4.90 Å². The van der Waals surface area contributed by atoms with Crippen molar-refractivity contribution in [1.29, 1.82) is 0 Å².